The van der Waals surface area contributed by atoms with E-state index < -0.39 is 5.60 Å². The molecule has 0 aromatic heterocycles. The summed E-state index contributed by atoms with van der Waals surface area (Å²) in [7, 11) is 0. The molecule has 4 aliphatic carbocycles. The van der Waals surface area contributed by atoms with Crippen LogP contribution in [0.25, 0.3) is 0 Å². The predicted molar refractivity (Wildman–Crippen MR) is 111 cm³/mol. The lowest BCUT2D eigenvalue weighted by atomic mass is 9.49. The van der Waals surface area contributed by atoms with Gasteiger partial charge in [-0.3, -0.25) is 0 Å². The monoisotopic (exact) mass is 364 g/mol. The molecular formula is C26H36O. The van der Waals surface area contributed by atoms with Crippen LogP contribution in [0, 0.1) is 35.0 Å². The largest absolute Gasteiger partial charge is 0.385 e. The second kappa shape index (κ2) is 6.48. The summed E-state index contributed by atoms with van der Waals surface area (Å²) in [6, 6.07) is 10.5. The van der Waals surface area contributed by atoms with E-state index in [2.05, 4.69) is 50.3 Å². The summed E-state index contributed by atoms with van der Waals surface area (Å²) in [5.41, 5.74) is 2.83. The molecular weight excluding hydrogens is 328 g/mol. The van der Waals surface area contributed by atoms with Gasteiger partial charge in [0.15, 0.2) is 0 Å². The lowest BCUT2D eigenvalue weighted by Crippen LogP contribution is -2.49. The normalized spacial score (nSPS) is 48.0. The van der Waals surface area contributed by atoms with Crippen molar-refractivity contribution in [2.45, 2.75) is 77.2 Å². The molecule has 0 radical (unpaired) electrons. The molecule has 27 heavy (non-hydrogen) atoms. The summed E-state index contributed by atoms with van der Waals surface area (Å²) in [6.45, 7) is 4.84. The molecule has 0 saturated heterocycles. The van der Waals surface area contributed by atoms with Crippen molar-refractivity contribution in [2.75, 3.05) is 0 Å². The fraction of sp³-hybridized carbons (Fsp3) is 0.692. The average Bonchev–Trinajstić information content (AvgIpc) is 3.04. The number of fused-ring (bicyclic) bond motifs is 5. The highest BCUT2D eigenvalue weighted by molar-refractivity contribution is 5.25. The summed E-state index contributed by atoms with van der Waals surface area (Å²) in [5, 5.41) is 11.4. The fourth-order valence-electron chi connectivity index (χ4n) is 8.21. The summed E-state index contributed by atoms with van der Waals surface area (Å²) in [6.07, 6.45) is 14.0. The number of aliphatic hydroxyl groups is 1. The standard InChI is InChI=1S/C26H36O/c1-3-19-10-12-24-23-11-9-18-17-26(27,20-7-5-4-6-8-20)16-14-21(18)22(23)13-15-25(19,24)2/h3-8,18,21-24,27H,9-17H2,1-2H3/b19-3-/t18-,21-,22+,23+,24-,25+,26-/m0/s1. The van der Waals surface area contributed by atoms with Gasteiger partial charge in [0.05, 0.1) is 5.60 Å². The minimum absolute atomic E-state index is 0.502. The topological polar surface area (TPSA) is 20.2 Å². The van der Waals surface area contributed by atoms with Crippen molar-refractivity contribution >= 4 is 0 Å². The first-order chi connectivity index (χ1) is 13.0. The molecule has 0 bridgehead atoms. The second-order valence-corrected chi connectivity index (χ2v) is 10.4. The van der Waals surface area contributed by atoms with Crippen LogP contribution in [0.1, 0.15) is 77.2 Å². The van der Waals surface area contributed by atoms with Gasteiger partial charge in [0.25, 0.3) is 0 Å². The van der Waals surface area contributed by atoms with Gasteiger partial charge in [0.2, 0.25) is 0 Å². The van der Waals surface area contributed by atoms with Gasteiger partial charge in [0, 0.05) is 0 Å². The molecule has 4 fully saturated rings. The molecule has 5 rings (SSSR count). The summed E-state index contributed by atoms with van der Waals surface area (Å²) in [5.74, 6) is 4.41. The molecule has 1 aromatic carbocycles. The Hall–Kier alpha value is -1.08. The Morgan fingerprint density at radius 2 is 1.70 bits per heavy atom. The molecule has 0 aliphatic heterocycles. The predicted octanol–water partition coefficient (Wildman–Crippen LogP) is 6.47. The smallest absolute Gasteiger partial charge is 0.0899 e. The molecule has 0 amide bonds. The summed E-state index contributed by atoms with van der Waals surface area (Å²) in [4.78, 5) is 0. The first-order valence-electron chi connectivity index (χ1n) is 11.5. The van der Waals surface area contributed by atoms with E-state index in [1.807, 2.05) is 0 Å². The van der Waals surface area contributed by atoms with Gasteiger partial charge in [-0.05, 0) is 105 Å². The van der Waals surface area contributed by atoms with E-state index in [9.17, 15) is 5.11 Å². The van der Waals surface area contributed by atoms with Crippen molar-refractivity contribution < 1.29 is 5.11 Å². The van der Waals surface area contributed by atoms with E-state index >= 15 is 0 Å². The third-order valence-corrected chi connectivity index (χ3v) is 9.52. The van der Waals surface area contributed by atoms with E-state index in [1.54, 1.807) is 5.57 Å². The summed E-state index contributed by atoms with van der Waals surface area (Å²) < 4.78 is 0. The molecule has 1 N–H and O–H groups in total. The maximum Gasteiger partial charge on any atom is 0.0899 e. The highest BCUT2D eigenvalue weighted by Crippen LogP contribution is 2.64. The SMILES string of the molecule is C/C=C1/CC[C@H]2[C@@H]3CC[C@H]4C[C@](O)(c5ccccc5)CC[C@@H]4[C@H]3CC[C@]12C. The van der Waals surface area contributed by atoms with Gasteiger partial charge in [-0.25, -0.2) is 0 Å². The third kappa shape index (κ3) is 2.68. The maximum atomic E-state index is 11.4. The van der Waals surface area contributed by atoms with Crippen LogP contribution in [0.4, 0.5) is 0 Å². The summed E-state index contributed by atoms with van der Waals surface area (Å²) >= 11 is 0. The number of hydrogen-bond acceptors (Lipinski definition) is 1. The van der Waals surface area contributed by atoms with Gasteiger partial charge >= 0.3 is 0 Å². The van der Waals surface area contributed by atoms with E-state index in [-0.39, 0.29) is 0 Å². The Bertz CT molecular complexity index is 721. The van der Waals surface area contributed by atoms with Crippen molar-refractivity contribution in [2.24, 2.45) is 35.0 Å². The van der Waals surface area contributed by atoms with E-state index in [4.69, 9.17) is 0 Å². The lowest BCUT2D eigenvalue weighted by molar-refractivity contribution is -0.100. The second-order valence-electron chi connectivity index (χ2n) is 10.4. The molecule has 7 atom stereocenters. The van der Waals surface area contributed by atoms with Crippen molar-refractivity contribution in [3.05, 3.63) is 47.5 Å². The molecule has 146 valence electrons. The molecule has 4 aliphatic rings. The van der Waals surface area contributed by atoms with Crippen LogP contribution in [0.15, 0.2) is 42.0 Å². The highest BCUT2D eigenvalue weighted by Gasteiger charge is 2.56. The molecule has 0 spiro atoms. The Balaban J connectivity index is 1.36. The van der Waals surface area contributed by atoms with Gasteiger partial charge in [-0.2, -0.15) is 0 Å². The Labute approximate surface area is 165 Å². The minimum atomic E-state index is -0.579. The van der Waals surface area contributed by atoms with Crippen molar-refractivity contribution in [1.82, 2.24) is 0 Å². The molecule has 4 saturated carbocycles. The fourth-order valence-corrected chi connectivity index (χ4v) is 8.21. The number of rotatable bonds is 1. The van der Waals surface area contributed by atoms with Crippen molar-refractivity contribution in [1.29, 1.82) is 0 Å². The zero-order valence-corrected chi connectivity index (χ0v) is 17.2. The Morgan fingerprint density at radius 3 is 2.48 bits per heavy atom. The van der Waals surface area contributed by atoms with Crippen molar-refractivity contribution in [3.8, 4) is 0 Å². The van der Waals surface area contributed by atoms with Crippen molar-refractivity contribution in [3.63, 3.8) is 0 Å². The first-order valence-corrected chi connectivity index (χ1v) is 11.5. The van der Waals surface area contributed by atoms with Crippen LogP contribution in [0.2, 0.25) is 0 Å². The number of benzene rings is 1. The lowest BCUT2D eigenvalue weighted by Gasteiger charge is -2.56. The van der Waals surface area contributed by atoms with Gasteiger partial charge in [-0.1, -0.05) is 48.9 Å². The van der Waals surface area contributed by atoms with Gasteiger partial charge in [0.1, 0.15) is 0 Å². The van der Waals surface area contributed by atoms with E-state index in [1.165, 1.54) is 44.9 Å². The van der Waals surface area contributed by atoms with Gasteiger partial charge < -0.3 is 5.11 Å². The number of hydrogen-bond donors (Lipinski definition) is 1. The van der Waals surface area contributed by atoms with Crippen LogP contribution in [-0.2, 0) is 5.60 Å². The molecule has 1 heteroatoms. The van der Waals surface area contributed by atoms with E-state index in [0.717, 1.165) is 48.0 Å². The number of allylic oxidation sites excluding steroid dienone is 2. The van der Waals surface area contributed by atoms with Crippen LogP contribution in [0.3, 0.4) is 0 Å². The first kappa shape index (κ1) is 18.0. The van der Waals surface area contributed by atoms with Crippen LogP contribution in [-0.4, -0.2) is 5.11 Å². The molecule has 1 nitrogen and oxygen atoms in total. The molecule has 0 unspecified atom stereocenters. The minimum Gasteiger partial charge on any atom is -0.385 e. The molecule has 1 aromatic rings. The zero-order chi connectivity index (χ0) is 18.6. The van der Waals surface area contributed by atoms with E-state index in [0.29, 0.717) is 5.41 Å². The molecule has 0 heterocycles. The Kier molecular flexibility index (Phi) is 4.31. The zero-order valence-electron chi connectivity index (χ0n) is 17.2. The van der Waals surface area contributed by atoms with Gasteiger partial charge in [-0.15, -0.1) is 0 Å². The third-order valence-electron chi connectivity index (χ3n) is 9.52. The maximum absolute atomic E-state index is 11.4. The highest BCUT2D eigenvalue weighted by atomic mass is 16.3. The average molecular weight is 365 g/mol. The van der Waals surface area contributed by atoms with Crippen LogP contribution in [0.5, 0.6) is 0 Å². The van der Waals surface area contributed by atoms with Crippen LogP contribution < -0.4 is 0 Å². The quantitative estimate of drug-likeness (QED) is 0.566. The Morgan fingerprint density at radius 1 is 0.926 bits per heavy atom. The van der Waals surface area contributed by atoms with Crippen LogP contribution >= 0.6 is 0 Å².